The highest BCUT2D eigenvalue weighted by Gasteiger charge is 2.51. The maximum atomic E-state index is 6.78. The molecule has 0 spiro atoms. The summed E-state index contributed by atoms with van der Waals surface area (Å²) in [5, 5.41) is 1.57. The first-order chi connectivity index (χ1) is 9.04. The summed E-state index contributed by atoms with van der Waals surface area (Å²) < 4.78 is 6.78. The highest BCUT2D eigenvalue weighted by atomic mass is 28.4. The van der Waals surface area contributed by atoms with E-state index in [2.05, 4.69) is 58.9 Å². The van der Waals surface area contributed by atoms with Gasteiger partial charge in [-0.15, -0.1) is 0 Å². The first-order valence-corrected chi connectivity index (χ1v) is 9.87. The predicted molar refractivity (Wildman–Crippen MR) is 85.4 cm³/mol. The molecule has 2 heteroatoms. The van der Waals surface area contributed by atoms with Gasteiger partial charge in [0.15, 0.2) is 0 Å². The average molecular weight is 276 g/mol. The summed E-state index contributed by atoms with van der Waals surface area (Å²) in [7, 11) is -1.82. The van der Waals surface area contributed by atoms with Crippen molar-refractivity contribution in [2.24, 2.45) is 0 Å². The molecular formula is C17H28OSi. The zero-order chi connectivity index (χ0) is 14.0. The third-order valence-electron chi connectivity index (χ3n) is 4.60. The Morgan fingerprint density at radius 3 is 2.32 bits per heavy atom. The number of fused-ring (bicyclic) bond motifs is 1. The fourth-order valence-corrected chi connectivity index (χ4v) is 8.68. The van der Waals surface area contributed by atoms with Gasteiger partial charge in [0.25, 0.3) is 0 Å². The Balaban J connectivity index is 2.44. The third-order valence-corrected chi connectivity index (χ3v) is 10.0. The topological polar surface area (TPSA) is 9.23 Å². The first kappa shape index (κ1) is 14.8. The summed E-state index contributed by atoms with van der Waals surface area (Å²) in [6.07, 6.45) is 4.05. The van der Waals surface area contributed by atoms with E-state index in [1.54, 1.807) is 5.19 Å². The lowest BCUT2D eigenvalue weighted by atomic mass is 10.0. The number of benzene rings is 1. The molecule has 1 atom stereocenters. The fraction of sp³-hybridized carbons (Fsp3) is 0.647. The molecule has 1 aliphatic heterocycles. The highest BCUT2D eigenvalue weighted by Crippen LogP contribution is 2.44. The van der Waals surface area contributed by atoms with Crippen LogP contribution in [0.3, 0.4) is 0 Å². The standard InChI is InChI=1S/C17H28OSi/c1-6-7-11-16-15-10-8-9-12-17(15)19(18-16,13(2)3)14(4)5/h8-10,12-14,16H,6-7,11H2,1-5H3. The van der Waals surface area contributed by atoms with Crippen molar-refractivity contribution < 1.29 is 4.43 Å². The van der Waals surface area contributed by atoms with Crippen LogP contribution in [-0.2, 0) is 4.43 Å². The molecule has 1 unspecified atom stereocenters. The molecule has 0 N–H and O–H groups in total. The van der Waals surface area contributed by atoms with Crippen LogP contribution >= 0.6 is 0 Å². The summed E-state index contributed by atoms with van der Waals surface area (Å²) in [6, 6.07) is 9.01. The van der Waals surface area contributed by atoms with E-state index in [9.17, 15) is 0 Å². The highest BCUT2D eigenvalue weighted by molar-refractivity contribution is 6.89. The van der Waals surface area contributed by atoms with Crippen molar-refractivity contribution >= 4 is 13.5 Å². The van der Waals surface area contributed by atoms with E-state index < -0.39 is 8.32 Å². The Morgan fingerprint density at radius 1 is 1.11 bits per heavy atom. The van der Waals surface area contributed by atoms with Crippen LogP contribution in [0.25, 0.3) is 0 Å². The monoisotopic (exact) mass is 276 g/mol. The van der Waals surface area contributed by atoms with Gasteiger partial charge in [-0.1, -0.05) is 71.7 Å². The van der Waals surface area contributed by atoms with Crippen molar-refractivity contribution in [2.75, 3.05) is 0 Å². The smallest absolute Gasteiger partial charge is 0.230 e. The number of hydrogen-bond acceptors (Lipinski definition) is 1. The lowest BCUT2D eigenvalue weighted by Gasteiger charge is -2.35. The van der Waals surface area contributed by atoms with E-state index >= 15 is 0 Å². The Bertz CT molecular complexity index is 417. The molecule has 0 saturated heterocycles. The first-order valence-electron chi connectivity index (χ1n) is 7.81. The van der Waals surface area contributed by atoms with E-state index in [0.29, 0.717) is 17.2 Å². The quantitative estimate of drug-likeness (QED) is 0.694. The largest absolute Gasteiger partial charge is 0.405 e. The van der Waals surface area contributed by atoms with E-state index in [0.717, 1.165) is 0 Å². The van der Waals surface area contributed by atoms with Crippen LogP contribution in [0.5, 0.6) is 0 Å². The fourth-order valence-electron chi connectivity index (χ4n) is 3.66. The molecule has 0 aromatic heterocycles. The SMILES string of the molecule is CCCCC1O[Si](C(C)C)(C(C)C)c2ccccc21. The minimum Gasteiger partial charge on any atom is -0.405 e. The molecule has 0 bridgehead atoms. The summed E-state index contributed by atoms with van der Waals surface area (Å²) in [6.45, 7) is 11.7. The van der Waals surface area contributed by atoms with Gasteiger partial charge in [-0.25, -0.2) is 0 Å². The van der Waals surface area contributed by atoms with Gasteiger partial charge in [-0.3, -0.25) is 0 Å². The molecule has 19 heavy (non-hydrogen) atoms. The molecule has 1 aromatic rings. The average Bonchev–Trinajstić information content (AvgIpc) is 2.72. The Kier molecular flexibility index (Phi) is 4.52. The van der Waals surface area contributed by atoms with Gasteiger partial charge in [-0.2, -0.15) is 0 Å². The van der Waals surface area contributed by atoms with Crippen molar-refractivity contribution in [3.63, 3.8) is 0 Å². The maximum absolute atomic E-state index is 6.78. The van der Waals surface area contributed by atoms with Gasteiger partial charge >= 0.3 is 0 Å². The molecule has 0 fully saturated rings. The summed E-state index contributed by atoms with van der Waals surface area (Å²) in [4.78, 5) is 0. The minimum absolute atomic E-state index is 0.354. The second-order valence-corrected chi connectivity index (χ2v) is 11.1. The normalized spacial score (nSPS) is 21.1. The molecule has 0 saturated carbocycles. The Hall–Kier alpha value is -0.603. The number of unbranched alkanes of at least 4 members (excludes halogenated alkanes) is 1. The predicted octanol–water partition coefficient (Wildman–Crippen LogP) is 4.92. The van der Waals surface area contributed by atoms with Crippen LogP contribution < -0.4 is 5.19 Å². The van der Waals surface area contributed by atoms with Crippen LogP contribution in [0.15, 0.2) is 24.3 Å². The van der Waals surface area contributed by atoms with Crippen molar-refractivity contribution in [1.29, 1.82) is 0 Å². The zero-order valence-electron chi connectivity index (χ0n) is 13.1. The van der Waals surface area contributed by atoms with Crippen LogP contribution in [0.1, 0.15) is 65.5 Å². The van der Waals surface area contributed by atoms with Crippen molar-refractivity contribution in [2.45, 2.75) is 71.1 Å². The lowest BCUT2D eigenvalue weighted by molar-refractivity contribution is 0.189. The van der Waals surface area contributed by atoms with Crippen molar-refractivity contribution in [3.05, 3.63) is 29.8 Å². The number of rotatable bonds is 5. The van der Waals surface area contributed by atoms with Gasteiger partial charge in [-0.05, 0) is 28.3 Å². The summed E-state index contributed by atoms with van der Waals surface area (Å²) >= 11 is 0. The minimum atomic E-state index is -1.82. The maximum Gasteiger partial charge on any atom is 0.230 e. The van der Waals surface area contributed by atoms with Crippen molar-refractivity contribution in [1.82, 2.24) is 0 Å². The number of hydrogen-bond donors (Lipinski definition) is 0. The third kappa shape index (κ3) is 2.41. The Labute approximate surface area is 119 Å². The summed E-state index contributed by atoms with van der Waals surface area (Å²) in [5.41, 5.74) is 2.77. The van der Waals surface area contributed by atoms with Crippen LogP contribution in [0.2, 0.25) is 11.1 Å². The van der Waals surface area contributed by atoms with Gasteiger partial charge < -0.3 is 4.43 Å². The molecule has 2 rings (SSSR count). The molecule has 1 aromatic carbocycles. The zero-order valence-corrected chi connectivity index (χ0v) is 14.1. The van der Waals surface area contributed by atoms with Gasteiger partial charge in [0, 0.05) is 0 Å². The molecule has 0 amide bonds. The van der Waals surface area contributed by atoms with E-state index in [1.807, 2.05) is 0 Å². The van der Waals surface area contributed by atoms with Gasteiger partial charge in [0.1, 0.15) is 0 Å². The molecule has 0 radical (unpaired) electrons. The van der Waals surface area contributed by atoms with E-state index in [-0.39, 0.29) is 0 Å². The molecule has 1 nitrogen and oxygen atoms in total. The second kappa shape index (κ2) is 5.80. The molecular weight excluding hydrogens is 248 g/mol. The lowest BCUT2D eigenvalue weighted by Crippen LogP contribution is -2.52. The van der Waals surface area contributed by atoms with Gasteiger partial charge in [0.05, 0.1) is 6.10 Å². The van der Waals surface area contributed by atoms with E-state index in [4.69, 9.17) is 4.43 Å². The van der Waals surface area contributed by atoms with Crippen LogP contribution in [0, 0.1) is 0 Å². The van der Waals surface area contributed by atoms with Crippen LogP contribution in [-0.4, -0.2) is 8.32 Å². The van der Waals surface area contributed by atoms with Crippen LogP contribution in [0.4, 0.5) is 0 Å². The van der Waals surface area contributed by atoms with Crippen molar-refractivity contribution in [3.8, 4) is 0 Å². The molecule has 106 valence electrons. The molecule has 1 aliphatic rings. The van der Waals surface area contributed by atoms with E-state index in [1.165, 1.54) is 24.8 Å². The molecule has 0 aliphatic carbocycles. The summed E-state index contributed by atoms with van der Waals surface area (Å²) in [5.74, 6) is 0. The van der Waals surface area contributed by atoms with Gasteiger partial charge in [0.2, 0.25) is 8.32 Å². The molecule has 1 heterocycles. The second-order valence-electron chi connectivity index (χ2n) is 6.44. The Morgan fingerprint density at radius 2 is 1.74 bits per heavy atom.